The van der Waals surface area contributed by atoms with Crippen LogP contribution in [0, 0.1) is 13.8 Å². The molecular weight excluding hydrogens is 440 g/mol. The second-order valence-electron chi connectivity index (χ2n) is 10.2. The van der Waals surface area contributed by atoms with Gasteiger partial charge in [0.1, 0.15) is 0 Å². The van der Waals surface area contributed by atoms with E-state index in [-0.39, 0.29) is 23.2 Å². The van der Waals surface area contributed by atoms with Crippen molar-refractivity contribution >= 4 is 11.2 Å². The van der Waals surface area contributed by atoms with Crippen molar-refractivity contribution in [2.45, 2.75) is 59.7 Å². The van der Waals surface area contributed by atoms with Gasteiger partial charge in [0, 0.05) is 13.7 Å². The summed E-state index contributed by atoms with van der Waals surface area (Å²) < 4.78 is 9.95. The third-order valence-electron chi connectivity index (χ3n) is 6.58. The predicted octanol–water partition coefficient (Wildman–Crippen LogP) is 4.02. The molecule has 0 aliphatic heterocycles. The minimum absolute atomic E-state index is 0.0139. The first-order valence-corrected chi connectivity index (χ1v) is 11.9. The molecule has 0 atom stereocenters. The molecule has 0 aliphatic carbocycles. The number of hydrogen-bond donors (Lipinski definition) is 0. The van der Waals surface area contributed by atoms with E-state index in [0.29, 0.717) is 30.9 Å². The fraction of sp³-hybridized carbons (Fsp3) is 0.393. The lowest BCUT2D eigenvalue weighted by molar-refractivity contribution is 0.188. The molecule has 2 heterocycles. The number of benzene rings is 2. The van der Waals surface area contributed by atoms with Crippen LogP contribution < -0.4 is 11.2 Å². The minimum atomic E-state index is -0.359. The fourth-order valence-corrected chi connectivity index (χ4v) is 4.48. The molecule has 7 heteroatoms. The van der Waals surface area contributed by atoms with Crippen LogP contribution in [0.2, 0.25) is 0 Å². The summed E-state index contributed by atoms with van der Waals surface area (Å²) in [6.45, 7) is 12.1. The van der Waals surface area contributed by atoms with Crippen LogP contribution in [0.25, 0.3) is 11.2 Å². The third kappa shape index (κ3) is 4.86. The molecule has 0 fully saturated rings. The summed E-state index contributed by atoms with van der Waals surface area (Å²) in [7, 11) is 1.62. The van der Waals surface area contributed by atoms with Crippen LogP contribution in [0.3, 0.4) is 0 Å². The van der Waals surface area contributed by atoms with Crippen LogP contribution in [0.4, 0.5) is 0 Å². The van der Waals surface area contributed by atoms with E-state index < -0.39 is 0 Å². The predicted molar refractivity (Wildman–Crippen MR) is 139 cm³/mol. The summed E-state index contributed by atoms with van der Waals surface area (Å²) in [5.74, 6) is 0. The molecule has 7 nitrogen and oxygen atoms in total. The van der Waals surface area contributed by atoms with E-state index in [1.54, 1.807) is 22.6 Å². The molecule has 0 radical (unpaired) electrons. The second kappa shape index (κ2) is 9.66. The summed E-state index contributed by atoms with van der Waals surface area (Å²) in [5, 5.41) is 0. The number of methoxy groups -OCH3 is 1. The maximum atomic E-state index is 13.7. The Morgan fingerprint density at radius 3 is 2.20 bits per heavy atom. The summed E-state index contributed by atoms with van der Waals surface area (Å²) in [4.78, 5) is 31.9. The Bertz CT molecular complexity index is 1450. The van der Waals surface area contributed by atoms with Gasteiger partial charge in [0.15, 0.2) is 11.2 Å². The monoisotopic (exact) mass is 474 g/mol. The van der Waals surface area contributed by atoms with Crippen molar-refractivity contribution in [3.05, 3.63) is 97.4 Å². The number of rotatable bonds is 7. The van der Waals surface area contributed by atoms with E-state index in [4.69, 9.17) is 4.74 Å². The zero-order valence-electron chi connectivity index (χ0n) is 21.5. The van der Waals surface area contributed by atoms with Crippen LogP contribution in [-0.2, 0) is 29.8 Å². The van der Waals surface area contributed by atoms with Gasteiger partial charge in [-0.15, -0.1) is 0 Å². The Morgan fingerprint density at radius 1 is 0.943 bits per heavy atom. The number of nitrogens with zero attached hydrogens (tertiary/aromatic N) is 4. The van der Waals surface area contributed by atoms with Crippen molar-refractivity contribution < 1.29 is 4.74 Å². The molecule has 0 unspecified atom stereocenters. The maximum Gasteiger partial charge on any atom is 0.333 e. The van der Waals surface area contributed by atoms with Gasteiger partial charge in [-0.3, -0.25) is 13.9 Å². The first kappa shape index (κ1) is 24.7. The first-order valence-electron chi connectivity index (χ1n) is 11.9. The number of imidazole rings is 1. The standard InChI is InChI=1S/C28H34N4O3/c1-19-14-22(28(3,4)5)15-20(2)23(19)17-32-26(33)24-25(29-18-30(24)12-13-35-6)31(27(32)34)16-21-10-8-7-9-11-21/h7-11,14-15,18H,12-13,16-17H2,1-6H3. The number of aromatic nitrogens is 4. The van der Waals surface area contributed by atoms with Crippen molar-refractivity contribution in [2.24, 2.45) is 0 Å². The second-order valence-corrected chi connectivity index (χ2v) is 10.2. The SMILES string of the molecule is COCCn1cnc2c1c(=O)n(Cc1c(C)cc(C(C)(C)C)cc1C)c(=O)n2Cc1ccccc1. The summed E-state index contributed by atoms with van der Waals surface area (Å²) in [6, 6.07) is 14.1. The van der Waals surface area contributed by atoms with E-state index >= 15 is 0 Å². The molecule has 0 saturated carbocycles. The van der Waals surface area contributed by atoms with Gasteiger partial charge < -0.3 is 9.30 Å². The lowest BCUT2D eigenvalue weighted by Gasteiger charge is -2.23. The summed E-state index contributed by atoms with van der Waals surface area (Å²) in [6.07, 6.45) is 1.62. The van der Waals surface area contributed by atoms with E-state index in [9.17, 15) is 9.59 Å². The Hall–Kier alpha value is -3.45. The van der Waals surface area contributed by atoms with Gasteiger partial charge in [-0.05, 0) is 47.1 Å². The molecule has 2 aromatic carbocycles. The summed E-state index contributed by atoms with van der Waals surface area (Å²) in [5.41, 5.74) is 5.47. The maximum absolute atomic E-state index is 13.7. The van der Waals surface area contributed by atoms with Crippen LogP contribution in [0.5, 0.6) is 0 Å². The number of hydrogen-bond acceptors (Lipinski definition) is 4. The van der Waals surface area contributed by atoms with Crippen molar-refractivity contribution in [1.82, 2.24) is 18.7 Å². The van der Waals surface area contributed by atoms with Crippen LogP contribution >= 0.6 is 0 Å². The largest absolute Gasteiger partial charge is 0.383 e. The first-order chi connectivity index (χ1) is 16.6. The normalized spacial score (nSPS) is 11.9. The number of ether oxygens (including phenoxy) is 1. The van der Waals surface area contributed by atoms with E-state index in [1.807, 2.05) is 44.2 Å². The molecule has 0 saturated heterocycles. The van der Waals surface area contributed by atoms with Gasteiger partial charge in [0.2, 0.25) is 0 Å². The van der Waals surface area contributed by atoms with Gasteiger partial charge in [-0.2, -0.15) is 0 Å². The van der Waals surface area contributed by atoms with Gasteiger partial charge in [0.05, 0.1) is 26.0 Å². The van der Waals surface area contributed by atoms with Crippen molar-refractivity contribution in [3.8, 4) is 0 Å². The zero-order valence-corrected chi connectivity index (χ0v) is 21.5. The third-order valence-corrected chi connectivity index (χ3v) is 6.58. The minimum Gasteiger partial charge on any atom is -0.383 e. The Labute approximate surface area is 205 Å². The van der Waals surface area contributed by atoms with Crippen molar-refractivity contribution in [1.29, 1.82) is 0 Å². The Balaban J connectivity index is 1.91. The van der Waals surface area contributed by atoms with Crippen molar-refractivity contribution in [2.75, 3.05) is 13.7 Å². The van der Waals surface area contributed by atoms with Gasteiger partial charge in [-0.25, -0.2) is 9.78 Å². The molecule has 0 aliphatic rings. The van der Waals surface area contributed by atoms with E-state index in [0.717, 1.165) is 22.3 Å². The molecule has 0 bridgehead atoms. The van der Waals surface area contributed by atoms with Crippen molar-refractivity contribution in [3.63, 3.8) is 0 Å². The molecular formula is C28H34N4O3. The van der Waals surface area contributed by atoms with E-state index in [2.05, 4.69) is 37.9 Å². The van der Waals surface area contributed by atoms with Crippen LogP contribution in [0.15, 0.2) is 58.4 Å². The molecule has 2 aromatic heterocycles. The topological polar surface area (TPSA) is 71.1 Å². The Kier molecular flexibility index (Phi) is 6.81. The van der Waals surface area contributed by atoms with Crippen LogP contribution in [-0.4, -0.2) is 32.4 Å². The molecule has 0 spiro atoms. The highest BCUT2D eigenvalue weighted by Crippen LogP contribution is 2.27. The average molecular weight is 475 g/mol. The number of aryl methyl sites for hydroxylation is 2. The molecule has 4 aromatic rings. The fourth-order valence-electron chi connectivity index (χ4n) is 4.48. The van der Waals surface area contributed by atoms with E-state index in [1.165, 1.54) is 10.1 Å². The highest BCUT2D eigenvalue weighted by Gasteiger charge is 2.21. The molecule has 4 rings (SSSR count). The number of fused-ring (bicyclic) bond motifs is 1. The summed E-state index contributed by atoms with van der Waals surface area (Å²) >= 11 is 0. The highest BCUT2D eigenvalue weighted by molar-refractivity contribution is 5.70. The lowest BCUT2D eigenvalue weighted by Crippen LogP contribution is -2.41. The smallest absolute Gasteiger partial charge is 0.333 e. The molecule has 0 amide bonds. The quantitative estimate of drug-likeness (QED) is 0.406. The lowest BCUT2D eigenvalue weighted by atomic mass is 9.84. The average Bonchev–Trinajstić information content (AvgIpc) is 3.23. The highest BCUT2D eigenvalue weighted by atomic mass is 16.5. The Morgan fingerprint density at radius 2 is 1.60 bits per heavy atom. The van der Waals surface area contributed by atoms with Gasteiger partial charge >= 0.3 is 5.69 Å². The molecule has 35 heavy (non-hydrogen) atoms. The zero-order chi connectivity index (χ0) is 25.3. The van der Waals surface area contributed by atoms with Gasteiger partial charge in [0.25, 0.3) is 5.56 Å². The van der Waals surface area contributed by atoms with Crippen LogP contribution in [0.1, 0.15) is 48.6 Å². The molecule has 184 valence electrons. The molecule has 0 N–H and O–H groups in total. The van der Waals surface area contributed by atoms with Gasteiger partial charge in [-0.1, -0.05) is 63.2 Å².